The average molecular weight is 398 g/mol. The lowest BCUT2D eigenvalue weighted by Gasteiger charge is -2.35. The summed E-state index contributed by atoms with van der Waals surface area (Å²) in [7, 11) is 0. The minimum absolute atomic E-state index is 0.00376. The van der Waals surface area contributed by atoms with Crippen molar-refractivity contribution in [1.29, 1.82) is 0 Å². The smallest absolute Gasteiger partial charge is 0.410 e. The summed E-state index contributed by atoms with van der Waals surface area (Å²) in [6, 6.07) is 11.4. The fourth-order valence-corrected chi connectivity index (χ4v) is 4.03. The van der Waals surface area contributed by atoms with Crippen LogP contribution in [-0.4, -0.2) is 60.2 Å². The number of carbonyl (C=O) groups excluding carboxylic acids is 2. The van der Waals surface area contributed by atoms with Gasteiger partial charge in [-0.3, -0.25) is 4.79 Å². The van der Waals surface area contributed by atoms with Gasteiger partial charge in [-0.05, 0) is 44.9 Å². The van der Waals surface area contributed by atoms with Gasteiger partial charge in [-0.2, -0.15) is 0 Å². The van der Waals surface area contributed by atoms with Crippen molar-refractivity contribution in [2.75, 3.05) is 26.2 Å². The number of amides is 2. The van der Waals surface area contributed by atoms with Gasteiger partial charge in [0, 0.05) is 19.1 Å². The number of likely N-dealkylation sites (tertiary alicyclic amines) is 1. The first-order chi connectivity index (χ1) is 14.0. The first kappa shape index (κ1) is 19.4. The lowest BCUT2D eigenvalue weighted by molar-refractivity contribution is 0.0656. The van der Waals surface area contributed by atoms with E-state index in [1.54, 1.807) is 11.0 Å². The molecule has 0 spiro atoms. The molecule has 2 saturated heterocycles. The van der Waals surface area contributed by atoms with Crippen LogP contribution >= 0.6 is 0 Å². The Hall–Kier alpha value is -2.96. The number of aryl methyl sites for hydroxylation is 2. The molecule has 4 rings (SSSR count). The number of carbonyl (C=O) groups is 2. The van der Waals surface area contributed by atoms with Gasteiger partial charge in [-0.25, -0.2) is 4.79 Å². The third kappa shape index (κ3) is 4.23. The number of hydrogen-bond acceptors (Lipinski definition) is 5. The largest absolute Gasteiger partial charge is 0.490 e. The third-order valence-corrected chi connectivity index (χ3v) is 5.55. The molecule has 0 saturated carbocycles. The van der Waals surface area contributed by atoms with E-state index in [9.17, 15) is 9.59 Å². The highest BCUT2D eigenvalue weighted by Gasteiger charge is 2.38. The van der Waals surface area contributed by atoms with Gasteiger partial charge in [-0.1, -0.05) is 18.2 Å². The maximum atomic E-state index is 12.7. The van der Waals surface area contributed by atoms with Crippen LogP contribution in [0.15, 0.2) is 40.8 Å². The Morgan fingerprint density at radius 1 is 1.17 bits per heavy atom. The van der Waals surface area contributed by atoms with E-state index >= 15 is 0 Å². The maximum absolute atomic E-state index is 12.7. The molecule has 0 aliphatic carbocycles. The number of para-hydroxylation sites is 1. The number of cyclic esters (lactones) is 1. The second-order valence-electron chi connectivity index (χ2n) is 7.63. The molecule has 0 bridgehead atoms. The van der Waals surface area contributed by atoms with Gasteiger partial charge in [0.15, 0.2) is 6.10 Å². The van der Waals surface area contributed by atoms with Crippen molar-refractivity contribution in [3.05, 3.63) is 53.5 Å². The monoisotopic (exact) mass is 398 g/mol. The Morgan fingerprint density at radius 3 is 2.55 bits per heavy atom. The average Bonchev–Trinajstić information content (AvgIpc) is 3.28. The van der Waals surface area contributed by atoms with E-state index in [4.69, 9.17) is 13.9 Å². The number of benzene rings is 1. The molecule has 0 radical (unpaired) electrons. The van der Waals surface area contributed by atoms with Gasteiger partial charge in [0.25, 0.3) is 5.91 Å². The quantitative estimate of drug-likeness (QED) is 0.772. The summed E-state index contributed by atoms with van der Waals surface area (Å²) in [4.78, 5) is 28.7. The molecule has 3 heterocycles. The second kappa shape index (κ2) is 8.19. The van der Waals surface area contributed by atoms with E-state index in [2.05, 4.69) is 0 Å². The lowest BCUT2D eigenvalue weighted by atomic mass is 10.0. The number of furan rings is 1. The van der Waals surface area contributed by atoms with Crippen LogP contribution < -0.4 is 4.74 Å². The Labute approximate surface area is 170 Å². The summed E-state index contributed by atoms with van der Waals surface area (Å²) in [5.74, 6) is 2.15. The van der Waals surface area contributed by atoms with E-state index < -0.39 is 0 Å². The van der Waals surface area contributed by atoms with E-state index in [-0.39, 0.29) is 24.1 Å². The van der Waals surface area contributed by atoms with Gasteiger partial charge >= 0.3 is 6.09 Å². The van der Waals surface area contributed by atoms with E-state index in [1.807, 2.05) is 49.1 Å². The molecule has 2 amide bonds. The molecule has 2 aliphatic rings. The van der Waals surface area contributed by atoms with Gasteiger partial charge in [0.05, 0.1) is 12.1 Å². The van der Waals surface area contributed by atoms with Crippen LogP contribution in [0.25, 0.3) is 0 Å². The van der Waals surface area contributed by atoms with Gasteiger partial charge in [-0.15, -0.1) is 0 Å². The van der Waals surface area contributed by atoms with Crippen molar-refractivity contribution in [3.63, 3.8) is 0 Å². The first-order valence-electron chi connectivity index (χ1n) is 10.0. The summed E-state index contributed by atoms with van der Waals surface area (Å²) in [5, 5.41) is 0. The summed E-state index contributed by atoms with van der Waals surface area (Å²) >= 11 is 0. The number of rotatable bonds is 5. The predicted octanol–water partition coefficient (Wildman–Crippen LogP) is 3.40. The topological polar surface area (TPSA) is 72.2 Å². The number of piperidine rings is 1. The van der Waals surface area contributed by atoms with Crippen molar-refractivity contribution in [1.82, 2.24) is 9.80 Å². The van der Waals surface area contributed by atoms with Crippen LogP contribution in [0, 0.1) is 13.8 Å². The van der Waals surface area contributed by atoms with Crippen molar-refractivity contribution >= 4 is 12.0 Å². The SMILES string of the molecule is Cc1cc(C(=O)N2CCC(N3CC(COc4ccccc4)OC3=O)CC2)c(C)o1. The molecule has 7 nitrogen and oxygen atoms in total. The van der Waals surface area contributed by atoms with Crippen LogP contribution in [0.2, 0.25) is 0 Å². The van der Waals surface area contributed by atoms with Gasteiger partial charge in [0.1, 0.15) is 23.9 Å². The molecule has 154 valence electrons. The minimum atomic E-state index is -0.294. The fourth-order valence-electron chi connectivity index (χ4n) is 4.03. The molecule has 1 aromatic heterocycles. The Bertz CT molecular complexity index is 871. The lowest BCUT2D eigenvalue weighted by Crippen LogP contribution is -2.47. The van der Waals surface area contributed by atoms with E-state index in [1.165, 1.54) is 0 Å². The van der Waals surface area contributed by atoms with Crippen molar-refractivity contribution in [2.24, 2.45) is 0 Å². The van der Waals surface area contributed by atoms with Crippen molar-refractivity contribution in [2.45, 2.75) is 38.8 Å². The molecule has 1 atom stereocenters. The maximum Gasteiger partial charge on any atom is 0.410 e. The van der Waals surface area contributed by atoms with E-state index in [0.29, 0.717) is 37.6 Å². The summed E-state index contributed by atoms with van der Waals surface area (Å²) in [5.41, 5.74) is 0.625. The summed E-state index contributed by atoms with van der Waals surface area (Å²) < 4.78 is 16.7. The normalized spacial score (nSPS) is 20.1. The molecular weight excluding hydrogens is 372 g/mol. The molecular formula is C22H26N2O5. The third-order valence-electron chi connectivity index (χ3n) is 5.55. The predicted molar refractivity (Wildman–Crippen MR) is 106 cm³/mol. The number of ether oxygens (including phenoxy) is 2. The zero-order valence-corrected chi connectivity index (χ0v) is 16.8. The Balaban J connectivity index is 1.29. The summed E-state index contributed by atoms with van der Waals surface area (Å²) in [6.45, 7) is 5.73. The van der Waals surface area contributed by atoms with E-state index in [0.717, 1.165) is 24.4 Å². The highest BCUT2D eigenvalue weighted by atomic mass is 16.6. The van der Waals surface area contributed by atoms with Crippen molar-refractivity contribution < 1.29 is 23.5 Å². The molecule has 0 N–H and O–H groups in total. The zero-order valence-electron chi connectivity index (χ0n) is 16.8. The highest BCUT2D eigenvalue weighted by molar-refractivity contribution is 5.95. The molecule has 2 aliphatic heterocycles. The molecule has 1 unspecified atom stereocenters. The standard InChI is InChI=1S/C22H26N2O5/c1-15-12-20(16(2)28-15)21(25)23-10-8-17(9-11-23)24-13-19(29-22(24)26)14-27-18-6-4-3-5-7-18/h3-7,12,17,19H,8-11,13-14H2,1-2H3. The number of nitrogens with zero attached hydrogens (tertiary/aromatic N) is 2. The van der Waals surface area contributed by atoms with Crippen molar-refractivity contribution in [3.8, 4) is 5.75 Å². The molecule has 1 aromatic carbocycles. The Morgan fingerprint density at radius 2 is 1.90 bits per heavy atom. The molecule has 29 heavy (non-hydrogen) atoms. The summed E-state index contributed by atoms with van der Waals surface area (Å²) in [6.07, 6.45) is 0.906. The van der Waals surface area contributed by atoms with Gasteiger partial charge in [0.2, 0.25) is 0 Å². The fraction of sp³-hybridized carbons (Fsp3) is 0.455. The first-order valence-corrected chi connectivity index (χ1v) is 10.0. The van der Waals surface area contributed by atoms with Crippen LogP contribution in [0.3, 0.4) is 0 Å². The molecule has 2 aromatic rings. The van der Waals surface area contributed by atoms with Crippen LogP contribution in [-0.2, 0) is 4.74 Å². The zero-order chi connectivity index (χ0) is 20.4. The Kier molecular flexibility index (Phi) is 5.47. The highest BCUT2D eigenvalue weighted by Crippen LogP contribution is 2.25. The second-order valence-corrected chi connectivity index (χ2v) is 7.63. The minimum Gasteiger partial charge on any atom is -0.490 e. The molecule has 2 fully saturated rings. The van der Waals surface area contributed by atoms with Crippen LogP contribution in [0.4, 0.5) is 4.79 Å². The number of hydrogen-bond donors (Lipinski definition) is 0. The van der Waals surface area contributed by atoms with Crippen LogP contribution in [0.5, 0.6) is 5.75 Å². The molecule has 7 heteroatoms. The van der Waals surface area contributed by atoms with Crippen LogP contribution in [0.1, 0.15) is 34.7 Å². The van der Waals surface area contributed by atoms with Gasteiger partial charge < -0.3 is 23.7 Å².